The van der Waals surface area contributed by atoms with E-state index in [1.54, 1.807) is 66.7 Å². The maximum Gasteiger partial charge on any atom is 0.319 e. The van der Waals surface area contributed by atoms with Crippen LogP contribution in [-0.4, -0.2) is 14.4 Å². The lowest BCUT2D eigenvalue weighted by atomic mass is 10.1. The van der Waals surface area contributed by atoms with E-state index in [1.807, 2.05) is 30.3 Å². The Bertz CT molecular complexity index is 1420. The van der Waals surface area contributed by atoms with E-state index in [0.717, 1.165) is 11.1 Å². The van der Waals surface area contributed by atoms with Gasteiger partial charge in [-0.1, -0.05) is 71.7 Å². The summed E-state index contributed by atoms with van der Waals surface area (Å²) in [4.78, 5) is 12.4. The highest BCUT2D eigenvalue weighted by atomic mass is 35.5. The number of nitrogens with one attached hydrogen (secondary N) is 3. The Balaban J connectivity index is 1.41. The lowest BCUT2D eigenvalue weighted by Gasteiger charge is -2.13. The topological polar surface area (TPSA) is 87.3 Å². The molecule has 9 heteroatoms. The van der Waals surface area contributed by atoms with Crippen molar-refractivity contribution < 1.29 is 13.2 Å². The molecule has 0 aliphatic carbocycles. The fourth-order valence-electron chi connectivity index (χ4n) is 3.46. The summed E-state index contributed by atoms with van der Waals surface area (Å²) in [6, 6.07) is 27.1. The molecular formula is C26H21Cl2N3O3S. The van der Waals surface area contributed by atoms with Gasteiger partial charge in [0.2, 0.25) is 0 Å². The van der Waals surface area contributed by atoms with Gasteiger partial charge >= 0.3 is 6.03 Å². The number of amides is 2. The van der Waals surface area contributed by atoms with Crippen molar-refractivity contribution in [3.63, 3.8) is 0 Å². The van der Waals surface area contributed by atoms with E-state index in [9.17, 15) is 13.2 Å². The predicted molar refractivity (Wildman–Crippen MR) is 141 cm³/mol. The molecule has 0 heterocycles. The lowest BCUT2D eigenvalue weighted by Crippen LogP contribution is -2.28. The number of carbonyl (C=O) groups excluding carboxylic acids is 1. The Morgan fingerprint density at radius 2 is 1.34 bits per heavy atom. The molecule has 4 aromatic rings. The van der Waals surface area contributed by atoms with Crippen molar-refractivity contribution >= 4 is 50.6 Å². The number of rotatable bonds is 7. The largest absolute Gasteiger partial charge is 0.334 e. The van der Waals surface area contributed by atoms with Gasteiger partial charge in [-0.25, -0.2) is 13.2 Å². The SMILES string of the molecule is O=C(NCc1cc(Cl)cc(Cl)c1)Nc1ccc(NS(=O)(=O)c2ccccc2-c2ccccc2)cc1. The summed E-state index contributed by atoms with van der Waals surface area (Å²) in [5.41, 5.74) is 3.04. The molecule has 4 aromatic carbocycles. The van der Waals surface area contributed by atoms with E-state index < -0.39 is 16.1 Å². The fraction of sp³-hybridized carbons (Fsp3) is 0.0385. The first kappa shape index (κ1) is 24.6. The van der Waals surface area contributed by atoms with E-state index in [4.69, 9.17) is 23.2 Å². The van der Waals surface area contributed by atoms with Gasteiger partial charge in [-0.05, 0) is 59.7 Å². The van der Waals surface area contributed by atoms with Crippen LogP contribution >= 0.6 is 23.2 Å². The van der Waals surface area contributed by atoms with E-state index >= 15 is 0 Å². The molecule has 3 N–H and O–H groups in total. The molecule has 6 nitrogen and oxygen atoms in total. The number of hydrogen-bond acceptors (Lipinski definition) is 3. The Hall–Kier alpha value is -3.52. The van der Waals surface area contributed by atoms with E-state index in [-0.39, 0.29) is 11.4 Å². The Kier molecular flexibility index (Phi) is 7.60. The van der Waals surface area contributed by atoms with Gasteiger partial charge in [0.15, 0.2) is 0 Å². The summed E-state index contributed by atoms with van der Waals surface area (Å²) >= 11 is 11.9. The third-order valence-electron chi connectivity index (χ3n) is 5.03. The molecule has 0 unspecified atom stereocenters. The number of hydrogen-bond donors (Lipinski definition) is 3. The monoisotopic (exact) mass is 525 g/mol. The number of halogens is 2. The minimum atomic E-state index is -3.85. The van der Waals surface area contributed by atoms with Crippen molar-refractivity contribution in [3.05, 3.63) is 113 Å². The van der Waals surface area contributed by atoms with Crippen LogP contribution in [0.25, 0.3) is 11.1 Å². The van der Waals surface area contributed by atoms with Gasteiger partial charge in [-0.3, -0.25) is 4.72 Å². The van der Waals surface area contributed by atoms with Crippen molar-refractivity contribution in [1.82, 2.24) is 5.32 Å². The minimum Gasteiger partial charge on any atom is -0.334 e. The number of urea groups is 1. The third kappa shape index (κ3) is 6.54. The van der Waals surface area contributed by atoms with Gasteiger partial charge in [0.05, 0.1) is 4.90 Å². The normalized spacial score (nSPS) is 11.0. The predicted octanol–water partition coefficient (Wildman–Crippen LogP) is 6.78. The Morgan fingerprint density at radius 3 is 2.03 bits per heavy atom. The second kappa shape index (κ2) is 10.8. The van der Waals surface area contributed by atoms with Crippen LogP contribution in [0.2, 0.25) is 10.0 Å². The standard InChI is InChI=1S/C26H21Cl2N3O3S/c27-20-14-18(15-21(28)16-20)17-29-26(32)30-22-10-12-23(13-11-22)31-35(33,34)25-9-5-4-8-24(25)19-6-2-1-3-7-19/h1-16,31H,17H2,(H2,29,30,32). The molecule has 0 aromatic heterocycles. The van der Waals surface area contributed by atoms with Gasteiger partial charge in [0, 0.05) is 33.5 Å². The first-order valence-corrected chi connectivity index (χ1v) is 12.8. The van der Waals surface area contributed by atoms with Crippen LogP contribution in [0.3, 0.4) is 0 Å². The number of sulfonamides is 1. The summed E-state index contributed by atoms with van der Waals surface area (Å²) in [6.45, 7) is 0.241. The molecule has 4 rings (SSSR count). The van der Waals surface area contributed by atoms with Crippen LogP contribution in [0, 0.1) is 0 Å². The van der Waals surface area contributed by atoms with Gasteiger partial charge in [-0.2, -0.15) is 0 Å². The van der Waals surface area contributed by atoms with Crippen molar-refractivity contribution in [2.24, 2.45) is 0 Å². The molecule has 2 amide bonds. The highest BCUT2D eigenvalue weighted by Crippen LogP contribution is 2.28. The van der Waals surface area contributed by atoms with Gasteiger partial charge in [-0.15, -0.1) is 0 Å². The average Bonchev–Trinajstić information content (AvgIpc) is 2.84. The molecule has 0 fully saturated rings. The van der Waals surface area contributed by atoms with E-state index in [2.05, 4.69) is 15.4 Å². The first-order chi connectivity index (χ1) is 16.8. The first-order valence-electron chi connectivity index (χ1n) is 10.6. The molecule has 0 atom stereocenters. The molecule has 0 radical (unpaired) electrons. The maximum atomic E-state index is 13.1. The molecule has 0 aliphatic rings. The zero-order valence-electron chi connectivity index (χ0n) is 18.3. The van der Waals surface area contributed by atoms with Crippen LogP contribution < -0.4 is 15.4 Å². The second-order valence-corrected chi connectivity index (χ2v) is 10.2. The molecule has 0 spiro atoms. The van der Waals surface area contributed by atoms with Crippen molar-refractivity contribution in [2.75, 3.05) is 10.0 Å². The number of benzene rings is 4. The van der Waals surface area contributed by atoms with Crippen molar-refractivity contribution in [1.29, 1.82) is 0 Å². The zero-order valence-corrected chi connectivity index (χ0v) is 20.7. The molecule has 0 aliphatic heterocycles. The number of anilines is 2. The van der Waals surface area contributed by atoms with Crippen LogP contribution in [0.1, 0.15) is 5.56 Å². The van der Waals surface area contributed by atoms with Crippen molar-refractivity contribution in [3.8, 4) is 11.1 Å². The lowest BCUT2D eigenvalue weighted by molar-refractivity contribution is 0.251. The Labute approximate surface area is 214 Å². The zero-order chi connectivity index (χ0) is 24.8. The highest BCUT2D eigenvalue weighted by molar-refractivity contribution is 7.92. The molecule has 178 valence electrons. The van der Waals surface area contributed by atoms with Gasteiger partial charge in [0.1, 0.15) is 0 Å². The second-order valence-electron chi connectivity index (χ2n) is 7.63. The van der Waals surface area contributed by atoms with Gasteiger partial charge < -0.3 is 10.6 Å². The molecule has 35 heavy (non-hydrogen) atoms. The molecule has 0 saturated carbocycles. The average molecular weight is 526 g/mol. The summed E-state index contributed by atoms with van der Waals surface area (Å²) < 4.78 is 28.8. The number of carbonyl (C=O) groups is 1. The molecule has 0 bridgehead atoms. The minimum absolute atomic E-state index is 0.175. The van der Waals surface area contributed by atoms with Crippen LogP contribution in [0.15, 0.2) is 102 Å². The smallest absolute Gasteiger partial charge is 0.319 e. The maximum absolute atomic E-state index is 13.1. The molecular weight excluding hydrogens is 505 g/mol. The summed E-state index contributed by atoms with van der Waals surface area (Å²) in [6.07, 6.45) is 0. The highest BCUT2D eigenvalue weighted by Gasteiger charge is 2.19. The Morgan fingerprint density at radius 1 is 0.743 bits per heavy atom. The third-order valence-corrected chi connectivity index (χ3v) is 6.91. The van der Waals surface area contributed by atoms with Crippen LogP contribution in [0.5, 0.6) is 0 Å². The van der Waals surface area contributed by atoms with E-state index in [0.29, 0.717) is 27.0 Å². The quantitative estimate of drug-likeness (QED) is 0.248. The van der Waals surface area contributed by atoms with E-state index in [1.165, 1.54) is 0 Å². The summed E-state index contributed by atoms with van der Waals surface area (Å²) in [7, 11) is -3.85. The van der Waals surface area contributed by atoms with Crippen LogP contribution in [0.4, 0.5) is 16.2 Å². The van der Waals surface area contributed by atoms with Gasteiger partial charge in [0.25, 0.3) is 10.0 Å². The van der Waals surface area contributed by atoms with Crippen LogP contribution in [-0.2, 0) is 16.6 Å². The van der Waals surface area contributed by atoms with Crippen molar-refractivity contribution in [2.45, 2.75) is 11.4 Å². The molecule has 0 saturated heterocycles. The fourth-order valence-corrected chi connectivity index (χ4v) is 5.32. The summed E-state index contributed by atoms with van der Waals surface area (Å²) in [5, 5.41) is 6.39. The summed E-state index contributed by atoms with van der Waals surface area (Å²) in [5.74, 6) is 0.